The Bertz CT molecular complexity index is 1530. The summed E-state index contributed by atoms with van der Waals surface area (Å²) in [5.74, 6) is 1.13. The minimum atomic E-state index is -0.382. The number of nitro benzene ring substituents is 1. The number of piperazine rings is 1. The van der Waals surface area contributed by atoms with Gasteiger partial charge in [0.05, 0.1) is 16.0 Å². The van der Waals surface area contributed by atoms with E-state index in [2.05, 4.69) is 44.3 Å². The fraction of sp³-hybridized carbons (Fsp3) is 0.192. The molecule has 9 heteroatoms. The van der Waals surface area contributed by atoms with Gasteiger partial charge in [0.25, 0.3) is 5.69 Å². The van der Waals surface area contributed by atoms with E-state index in [4.69, 9.17) is 4.98 Å². The number of para-hydroxylation sites is 2. The van der Waals surface area contributed by atoms with Gasteiger partial charge in [-0.1, -0.05) is 54.6 Å². The van der Waals surface area contributed by atoms with Crippen LogP contribution in [0.3, 0.4) is 0 Å². The molecule has 0 spiro atoms. The van der Waals surface area contributed by atoms with Gasteiger partial charge in [-0.2, -0.15) is 0 Å². The first-order valence-corrected chi connectivity index (χ1v) is 11.6. The Labute approximate surface area is 201 Å². The van der Waals surface area contributed by atoms with Crippen LogP contribution in [0.1, 0.15) is 5.56 Å². The monoisotopic (exact) mass is 465 g/mol. The molecule has 0 atom stereocenters. The molecular formula is C26H23N7O2. The van der Waals surface area contributed by atoms with E-state index in [-0.39, 0.29) is 10.6 Å². The Morgan fingerprint density at radius 3 is 2.34 bits per heavy atom. The third kappa shape index (κ3) is 3.85. The smallest absolute Gasteiger partial charge is 0.280 e. The van der Waals surface area contributed by atoms with E-state index in [0.29, 0.717) is 23.0 Å². The minimum absolute atomic E-state index is 0.00594. The SMILES string of the molecule is O=[N+]([O-])c1ccccc1-c1nnc2c3ccccc3nc(N3CCN(Cc4ccccc4)CC3)n12. The van der Waals surface area contributed by atoms with Crippen LogP contribution in [0.5, 0.6) is 0 Å². The normalized spacial score (nSPS) is 14.6. The lowest BCUT2D eigenvalue weighted by Gasteiger charge is -2.35. The van der Waals surface area contributed by atoms with Crippen LogP contribution in [0, 0.1) is 10.1 Å². The Hall–Kier alpha value is -4.37. The fourth-order valence-corrected chi connectivity index (χ4v) is 4.72. The third-order valence-corrected chi connectivity index (χ3v) is 6.47. The van der Waals surface area contributed by atoms with Gasteiger partial charge in [-0.3, -0.25) is 15.0 Å². The van der Waals surface area contributed by atoms with Gasteiger partial charge < -0.3 is 4.90 Å². The van der Waals surface area contributed by atoms with Crippen molar-refractivity contribution in [2.24, 2.45) is 0 Å². The summed E-state index contributed by atoms with van der Waals surface area (Å²) in [6.07, 6.45) is 0. The molecule has 9 nitrogen and oxygen atoms in total. The van der Waals surface area contributed by atoms with Gasteiger partial charge in [-0.25, -0.2) is 9.38 Å². The van der Waals surface area contributed by atoms with Crippen LogP contribution in [-0.2, 0) is 6.54 Å². The van der Waals surface area contributed by atoms with Gasteiger partial charge >= 0.3 is 0 Å². The molecule has 1 aliphatic heterocycles. The first kappa shape index (κ1) is 21.2. The zero-order valence-electron chi connectivity index (χ0n) is 19.0. The zero-order valence-corrected chi connectivity index (χ0v) is 19.0. The lowest BCUT2D eigenvalue weighted by molar-refractivity contribution is -0.384. The van der Waals surface area contributed by atoms with Crippen LogP contribution >= 0.6 is 0 Å². The lowest BCUT2D eigenvalue weighted by Crippen LogP contribution is -2.46. The van der Waals surface area contributed by atoms with Crippen LogP contribution < -0.4 is 4.90 Å². The van der Waals surface area contributed by atoms with Crippen LogP contribution in [0.15, 0.2) is 78.9 Å². The number of anilines is 1. The van der Waals surface area contributed by atoms with Gasteiger partial charge in [0.15, 0.2) is 11.5 Å². The summed E-state index contributed by atoms with van der Waals surface area (Å²) in [5.41, 5.74) is 3.18. The summed E-state index contributed by atoms with van der Waals surface area (Å²) < 4.78 is 1.87. The Kier molecular flexibility index (Phi) is 5.31. The first-order chi connectivity index (χ1) is 17.2. The fourth-order valence-electron chi connectivity index (χ4n) is 4.72. The number of fused-ring (bicyclic) bond motifs is 3. The first-order valence-electron chi connectivity index (χ1n) is 11.6. The molecule has 2 aromatic heterocycles. The number of hydrogen-bond acceptors (Lipinski definition) is 7. The number of nitro groups is 1. The summed E-state index contributed by atoms with van der Waals surface area (Å²) in [4.78, 5) is 21.0. The van der Waals surface area contributed by atoms with Gasteiger partial charge in [0.2, 0.25) is 5.95 Å². The van der Waals surface area contributed by atoms with Crippen molar-refractivity contribution in [3.05, 3.63) is 94.5 Å². The molecule has 0 radical (unpaired) electrons. The highest BCUT2D eigenvalue weighted by Gasteiger charge is 2.26. The number of benzene rings is 3. The molecule has 0 saturated carbocycles. The molecule has 1 aliphatic rings. The molecule has 0 amide bonds. The lowest BCUT2D eigenvalue weighted by atomic mass is 10.1. The average molecular weight is 466 g/mol. The Morgan fingerprint density at radius 1 is 0.829 bits per heavy atom. The summed E-state index contributed by atoms with van der Waals surface area (Å²) in [6.45, 7) is 4.23. The second-order valence-corrected chi connectivity index (χ2v) is 8.63. The summed E-state index contributed by atoms with van der Waals surface area (Å²) in [6, 6.07) is 24.9. The highest BCUT2D eigenvalue weighted by molar-refractivity contribution is 5.93. The maximum absolute atomic E-state index is 11.8. The van der Waals surface area contributed by atoms with E-state index in [9.17, 15) is 10.1 Å². The second-order valence-electron chi connectivity index (χ2n) is 8.63. The van der Waals surface area contributed by atoms with Crippen molar-refractivity contribution in [1.82, 2.24) is 24.5 Å². The van der Waals surface area contributed by atoms with Crippen molar-refractivity contribution in [3.63, 3.8) is 0 Å². The molecule has 0 unspecified atom stereocenters. The third-order valence-electron chi connectivity index (χ3n) is 6.47. The van der Waals surface area contributed by atoms with E-state index in [1.165, 1.54) is 11.6 Å². The van der Waals surface area contributed by atoms with E-state index in [1.807, 2.05) is 34.7 Å². The molecule has 35 heavy (non-hydrogen) atoms. The Morgan fingerprint density at radius 2 is 1.54 bits per heavy atom. The van der Waals surface area contributed by atoms with Crippen molar-refractivity contribution in [2.75, 3.05) is 31.1 Å². The van der Waals surface area contributed by atoms with Crippen LogP contribution in [0.25, 0.3) is 27.9 Å². The molecule has 3 heterocycles. The van der Waals surface area contributed by atoms with Crippen molar-refractivity contribution in [2.45, 2.75) is 6.54 Å². The largest absolute Gasteiger partial charge is 0.339 e. The maximum Gasteiger partial charge on any atom is 0.280 e. The van der Waals surface area contributed by atoms with Crippen LogP contribution in [0.2, 0.25) is 0 Å². The number of nitrogens with zero attached hydrogens (tertiary/aromatic N) is 7. The van der Waals surface area contributed by atoms with Crippen LogP contribution in [0.4, 0.5) is 11.6 Å². The van der Waals surface area contributed by atoms with Crippen molar-refractivity contribution in [1.29, 1.82) is 0 Å². The van der Waals surface area contributed by atoms with Gasteiger partial charge in [-0.15, -0.1) is 10.2 Å². The van der Waals surface area contributed by atoms with Crippen LogP contribution in [-0.4, -0.2) is 55.6 Å². The second kappa shape index (κ2) is 8.77. The molecule has 1 saturated heterocycles. The van der Waals surface area contributed by atoms with Gasteiger partial charge in [-0.05, 0) is 23.8 Å². The molecule has 0 aliphatic carbocycles. The maximum atomic E-state index is 11.8. The van der Waals surface area contributed by atoms with Crippen molar-refractivity contribution >= 4 is 28.2 Å². The quantitative estimate of drug-likeness (QED) is 0.284. The summed E-state index contributed by atoms with van der Waals surface area (Å²) >= 11 is 0. The van der Waals surface area contributed by atoms with Crippen molar-refractivity contribution < 1.29 is 4.92 Å². The topological polar surface area (TPSA) is 92.7 Å². The summed E-state index contributed by atoms with van der Waals surface area (Å²) in [5, 5.41) is 21.5. The molecule has 6 rings (SSSR count). The number of aromatic nitrogens is 4. The highest BCUT2D eigenvalue weighted by atomic mass is 16.6. The van der Waals surface area contributed by atoms with Gasteiger partial charge in [0, 0.05) is 44.2 Å². The zero-order chi connectivity index (χ0) is 23.8. The predicted octanol–water partition coefficient (Wildman–Crippen LogP) is 4.17. The van der Waals surface area contributed by atoms with E-state index >= 15 is 0 Å². The standard InChI is InChI=1S/C26H23N7O2/c34-33(35)23-13-7-5-11-21(23)25-29-28-24-20-10-4-6-12-22(20)27-26(32(24)25)31-16-14-30(15-17-31)18-19-8-2-1-3-9-19/h1-13H,14-18H2. The average Bonchev–Trinajstić information content (AvgIpc) is 3.35. The molecule has 1 fully saturated rings. The minimum Gasteiger partial charge on any atom is -0.339 e. The number of hydrogen-bond donors (Lipinski definition) is 0. The van der Waals surface area contributed by atoms with E-state index < -0.39 is 0 Å². The molecule has 0 bridgehead atoms. The molecule has 5 aromatic rings. The van der Waals surface area contributed by atoms with E-state index in [1.54, 1.807) is 18.2 Å². The Balaban J connectivity index is 1.42. The number of rotatable bonds is 5. The highest BCUT2D eigenvalue weighted by Crippen LogP contribution is 2.33. The molecule has 0 N–H and O–H groups in total. The van der Waals surface area contributed by atoms with E-state index in [0.717, 1.165) is 43.6 Å². The van der Waals surface area contributed by atoms with Gasteiger partial charge in [0.1, 0.15) is 0 Å². The predicted molar refractivity (Wildman–Crippen MR) is 134 cm³/mol. The molecule has 174 valence electrons. The summed E-state index contributed by atoms with van der Waals surface area (Å²) in [7, 11) is 0. The molecule has 3 aromatic carbocycles. The van der Waals surface area contributed by atoms with Crippen molar-refractivity contribution in [3.8, 4) is 11.4 Å². The molecular weight excluding hydrogens is 442 g/mol.